The highest BCUT2D eigenvalue weighted by molar-refractivity contribution is 6.04. The molecule has 1 aromatic heterocycles. The van der Waals surface area contributed by atoms with Gasteiger partial charge in [-0.25, -0.2) is 0 Å². The number of carbonyl (C=O) groups is 2. The van der Waals surface area contributed by atoms with Crippen molar-refractivity contribution >= 4 is 17.5 Å². The van der Waals surface area contributed by atoms with Gasteiger partial charge in [0.15, 0.2) is 0 Å². The number of hydrogen-bond donors (Lipinski definition) is 2. The lowest BCUT2D eigenvalue weighted by Crippen LogP contribution is -2.40. The van der Waals surface area contributed by atoms with Gasteiger partial charge in [-0.2, -0.15) is 0 Å². The highest BCUT2D eigenvalue weighted by Gasteiger charge is 2.32. The largest absolute Gasteiger partial charge is 0.468 e. The second-order valence-corrected chi connectivity index (χ2v) is 7.27. The fraction of sp³-hybridized carbons (Fsp3) is 0.429. The Morgan fingerprint density at radius 2 is 2.00 bits per heavy atom. The van der Waals surface area contributed by atoms with Crippen LogP contribution in [0.1, 0.15) is 49.0 Å². The third kappa shape index (κ3) is 3.90. The summed E-state index contributed by atoms with van der Waals surface area (Å²) < 4.78 is 5.62. The molecular weight excluding hydrogens is 342 g/mol. The van der Waals surface area contributed by atoms with Gasteiger partial charge in [0, 0.05) is 18.7 Å². The van der Waals surface area contributed by atoms with Crippen molar-refractivity contribution in [3.05, 3.63) is 54.0 Å². The van der Waals surface area contributed by atoms with Crippen molar-refractivity contribution in [3.63, 3.8) is 0 Å². The summed E-state index contributed by atoms with van der Waals surface area (Å²) in [6.07, 6.45) is 5.43. The summed E-state index contributed by atoms with van der Waals surface area (Å²) in [4.78, 5) is 27.2. The Labute approximate surface area is 158 Å². The van der Waals surface area contributed by atoms with E-state index in [1.54, 1.807) is 6.26 Å². The summed E-state index contributed by atoms with van der Waals surface area (Å²) in [7, 11) is 0. The Morgan fingerprint density at radius 1 is 1.19 bits per heavy atom. The topological polar surface area (TPSA) is 74.6 Å². The first-order valence-corrected chi connectivity index (χ1v) is 9.66. The van der Waals surface area contributed by atoms with Crippen LogP contribution in [0.25, 0.3) is 0 Å². The number of furan rings is 1. The molecule has 142 valence electrons. The van der Waals surface area contributed by atoms with E-state index in [9.17, 15) is 9.59 Å². The standard InChI is InChI=1S/C21H25N3O3/c25-20(13-16-15-7-2-3-8-17(15)23-21(16)26)22-14-18(19-9-6-12-27-19)24-10-4-1-5-11-24/h2-3,6-9,12,16,18H,1,4-5,10-11,13-14H2,(H,22,25)(H,23,26). The first-order chi connectivity index (χ1) is 13.2. The fourth-order valence-corrected chi connectivity index (χ4v) is 4.07. The monoisotopic (exact) mass is 367 g/mol. The Kier molecular flexibility index (Phi) is 5.25. The van der Waals surface area contributed by atoms with Crippen LogP contribution in [-0.2, 0) is 9.59 Å². The summed E-state index contributed by atoms with van der Waals surface area (Å²) in [6, 6.07) is 11.4. The number of amides is 2. The number of para-hydroxylation sites is 1. The molecule has 0 bridgehead atoms. The minimum atomic E-state index is -0.418. The lowest BCUT2D eigenvalue weighted by Gasteiger charge is -2.33. The SMILES string of the molecule is O=C(CC1C(=O)Nc2ccccc21)NCC(c1ccco1)N1CCCCC1. The quantitative estimate of drug-likeness (QED) is 0.823. The first kappa shape index (κ1) is 17.8. The average Bonchev–Trinajstić information content (AvgIpc) is 3.32. The van der Waals surface area contributed by atoms with Gasteiger partial charge in [-0.3, -0.25) is 14.5 Å². The van der Waals surface area contributed by atoms with Gasteiger partial charge in [0.05, 0.1) is 18.2 Å². The maximum atomic E-state index is 12.6. The molecule has 4 rings (SSSR count). The van der Waals surface area contributed by atoms with Crippen LogP contribution in [0.2, 0.25) is 0 Å². The molecule has 2 unspecified atom stereocenters. The van der Waals surface area contributed by atoms with Crippen LogP contribution in [0.4, 0.5) is 5.69 Å². The van der Waals surface area contributed by atoms with E-state index in [4.69, 9.17) is 4.42 Å². The molecule has 2 aliphatic rings. The van der Waals surface area contributed by atoms with Gasteiger partial charge in [-0.15, -0.1) is 0 Å². The minimum absolute atomic E-state index is 0.0361. The number of benzene rings is 1. The highest BCUT2D eigenvalue weighted by atomic mass is 16.3. The third-order valence-electron chi connectivity index (χ3n) is 5.50. The van der Waals surface area contributed by atoms with Crippen LogP contribution in [-0.4, -0.2) is 36.3 Å². The fourth-order valence-electron chi connectivity index (χ4n) is 4.07. The van der Waals surface area contributed by atoms with E-state index in [1.807, 2.05) is 36.4 Å². The van der Waals surface area contributed by atoms with Crippen molar-refractivity contribution in [1.29, 1.82) is 0 Å². The molecule has 2 amide bonds. The molecule has 2 aromatic rings. The number of fused-ring (bicyclic) bond motifs is 1. The molecule has 2 atom stereocenters. The van der Waals surface area contributed by atoms with Gasteiger partial charge >= 0.3 is 0 Å². The zero-order valence-corrected chi connectivity index (χ0v) is 15.3. The van der Waals surface area contributed by atoms with Crippen molar-refractivity contribution in [2.24, 2.45) is 0 Å². The highest BCUT2D eigenvalue weighted by Crippen LogP contribution is 2.34. The summed E-state index contributed by atoms with van der Waals surface area (Å²) in [5.41, 5.74) is 1.71. The maximum Gasteiger partial charge on any atom is 0.232 e. The van der Waals surface area contributed by atoms with Crippen molar-refractivity contribution in [3.8, 4) is 0 Å². The van der Waals surface area contributed by atoms with Crippen molar-refractivity contribution < 1.29 is 14.0 Å². The summed E-state index contributed by atoms with van der Waals surface area (Å²) in [5.74, 6) is 0.241. The van der Waals surface area contributed by atoms with E-state index >= 15 is 0 Å². The van der Waals surface area contributed by atoms with Gasteiger partial charge in [0.2, 0.25) is 11.8 Å². The van der Waals surface area contributed by atoms with E-state index in [1.165, 1.54) is 19.3 Å². The maximum absolute atomic E-state index is 12.6. The first-order valence-electron chi connectivity index (χ1n) is 9.66. The lowest BCUT2D eigenvalue weighted by molar-refractivity contribution is -0.125. The minimum Gasteiger partial charge on any atom is -0.468 e. The zero-order valence-electron chi connectivity index (χ0n) is 15.3. The predicted octanol–water partition coefficient (Wildman–Crippen LogP) is 3.05. The molecule has 0 spiro atoms. The molecule has 0 radical (unpaired) electrons. The number of nitrogens with zero attached hydrogens (tertiary/aromatic N) is 1. The van der Waals surface area contributed by atoms with Crippen LogP contribution in [0, 0.1) is 0 Å². The molecule has 6 heteroatoms. The van der Waals surface area contributed by atoms with E-state index in [0.717, 1.165) is 30.1 Å². The number of rotatable bonds is 6. The molecule has 6 nitrogen and oxygen atoms in total. The average molecular weight is 367 g/mol. The van der Waals surface area contributed by atoms with Crippen LogP contribution in [0.15, 0.2) is 47.1 Å². The molecule has 27 heavy (non-hydrogen) atoms. The van der Waals surface area contributed by atoms with Gasteiger partial charge in [-0.1, -0.05) is 24.6 Å². The lowest BCUT2D eigenvalue weighted by atomic mass is 9.97. The van der Waals surface area contributed by atoms with E-state index in [-0.39, 0.29) is 24.3 Å². The van der Waals surface area contributed by atoms with Crippen LogP contribution < -0.4 is 10.6 Å². The number of piperidine rings is 1. The van der Waals surface area contributed by atoms with Crippen molar-refractivity contribution in [2.75, 3.05) is 25.0 Å². The second kappa shape index (κ2) is 7.96. The van der Waals surface area contributed by atoms with E-state index < -0.39 is 5.92 Å². The molecule has 0 aliphatic carbocycles. The molecule has 1 fully saturated rings. The number of hydrogen-bond acceptors (Lipinski definition) is 4. The van der Waals surface area contributed by atoms with Gasteiger partial charge in [-0.05, 0) is 49.7 Å². The van der Waals surface area contributed by atoms with Gasteiger partial charge < -0.3 is 15.1 Å². The van der Waals surface area contributed by atoms with E-state index in [2.05, 4.69) is 15.5 Å². The molecule has 0 saturated carbocycles. The van der Waals surface area contributed by atoms with Gasteiger partial charge in [0.25, 0.3) is 0 Å². The number of carbonyl (C=O) groups excluding carboxylic acids is 2. The molecular formula is C21H25N3O3. The molecule has 3 heterocycles. The Hall–Kier alpha value is -2.60. The summed E-state index contributed by atoms with van der Waals surface area (Å²) in [5, 5.41) is 5.88. The van der Waals surface area contributed by atoms with Crippen molar-refractivity contribution in [2.45, 2.75) is 37.6 Å². The Bertz CT molecular complexity index is 797. The number of nitrogens with one attached hydrogen (secondary N) is 2. The van der Waals surface area contributed by atoms with Crippen LogP contribution in [0.5, 0.6) is 0 Å². The van der Waals surface area contributed by atoms with Crippen molar-refractivity contribution in [1.82, 2.24) is 10.2 Å². The molecule has 2 aliphatic heterocycles. The van der Waals surface area contributed by atoms with Gasteiger partial charge in [0.1, 0.15) is 5.76 Å². The van der Waals surface area contributed by atoms with Crippen LogP contribution in [0.3, 0.4) is 0 Å². The molecule has 2 N–H and O–H groups in total. The normalized spacial score (nSPS) is 20.7. The summed E-state index contributed by atoms with van der Waals surface area (Å²) in [6.45, 7) is 2.52. The zero-order chi connectivity index (χ0) is 18.6. The van der Waals surface area contributed by atoms with Crippen LogP contribution >= 0.6 is 0 Å². The summed E-state index contributed by atoms with van der Waals surface area (Å²) >= 11 is 0. The second-order valence-electron chi connectivity index (χ2n) is 7.27. The third-order valence-corrected chi connectivity index (χ3v) is 5.50. The molecule has 1 aromatic carbocycles. The Balaban J connectivity index is 1.39. The van der Waals surface area contributed by atoms with E-state index in [0.29, 0.717) is 6.54 Å². The number of anilines is 1. The predicted molar refractivity (Wildman–Crippen MR) is 102 cm³/mol. The molecule has 1 saturated heterocycles. The Morgan fingerprint density at radius 3 is 2.78 bits per heavy atom. The smallest absolute Gasteiger partial charge is 0.232 e. The number of likely N-dealkylation sites (tertiary alicyclic amines) is 1.